The highest BCUT2D eigenvalue weighted by molar-refractivity contribution is 6.23. The summed E-state index contributed by atoms with van der Waals surface area (Å²) in [7, 11) is 0. The van der Waals surface area contributed by atoms with E-state index in [1.54, 1.807) is 6.20 Å². The molecule has 0 spiro atoms. The number of fused-ring (bicyclic) bond motifs is 2. The van der Waals surface area contributed by atoms with Crippen molar-refractivity contribution in [3.8, 4) is 0 Å². The predicted molar refractivity (Wildman–Crippen MR) is 108 cm³/mol. The quantitative estimate of drug-likeness (QED) is 0.657. The molecule has 3 heterocycles. The SMILES string of the molecule is NC1=NC(=Nc2cc[nH]c2N=C2N=C(N)c3ccccc32)c2ccccc21. The second-order valence-corrected chi connectivity index (χ2v) is 6.17. The van der Waals surface area contributed by atoms with E-state index >= 15 is 0 Å². The minimum absolute atomic E-state index is 0.464. The predicted octanol–water partition coefficient (Wildman–Crippen LogP) is 2.61. The Balaban J connectivity index is 1.58. The summed E-state index contributed by atoms with van der Waals surface area (Å²) in [6.45, 7) is 0. The Labute approximate surface area is 154 Å². The maximum atomic E-state index is 6.01. The largest absolute Gasteiger partial charge is 0.383 e. The van der Waals surface area contributed by atoms with E-state index in [4.69, 9.17) is 11.5 Å². The van der Waals surface area contributed by atoms with Gasteiger partial charge in [0, 0.05) is 28.5 Å². The zero-order valence-electron chi connectivity index (χ0n) is 14.2. The summed E-state index contributed by atoms with van der Waals surface area (Å²) in [6, 6.07) is 17.3. The van der Waals surface area contributed by atoms with Gasteiger partial charge in [-0.05, 0) is 6.07 Å². The minimum atomic E-state index is 0.464. The molecule has 5 N–H and O–H groups in total. The van der Waals surface area contributed by atoms with E-state index in [9.17, 15) is 0 Å². The van der Waals surface area contributed by atoms with Crippen LogP contribution in [-0.4, -0.2) is 28.3 Å². The zero-order chi connectivity index (χ0) is 18.4. The Morgan fingerprint density at radius 2 is 1.19 bits per heavy atom. The third kappa shape index (κ3) is 2.44. The summed E-state index contributed by atoms with van der Waals surface area (Å²) >= 11 is 0. The van der Waals surface area contributed by atoms with Crippen molar-refractivity contribution in [1.29, 1.82) is 0 Å². The number of nitrogens with two attached hydrogens (primary N) is 2. The Morgan fingerprint density at radius 3 is 1.78 bits per heavy atom. The zero-order valence-corrected chi connectivity index (χ0v) is 14.2. The van der Waals surface area contributed by atoms with Crippen LogP contribution in [0.2, 0.25) is 0 Å². The number of nitrogens with one attached hydrogen (secondary N) is 1. The molecule has 0 fully saturated rings. The average molecular weight is 353 g/mol. The van der Waals surface area contributed by atoms with Gasteiger partial charge in [-0.25, -0.2) is 20.0 Å². The first-order chi connectivity index (χ1) is 13.2. The van der Waals surface area contributed by atoms with Crippen molar-refractivity contribution in [2.45, 2.75) is 0 Å². The molecular weight excluding hydrogens is 338 g/mol. The molecule has 0 amide bonds. The van der Waals surface area contributed by atoms with Crippen LogP contribution in [-0.2, 0) is 0 Å². The van der Waals surface area contributed by atoms with E-state index in [1.165, 1.54) is 0 Å². The fraction of sp³-hybridized carbons (Fsp3) is 0. The third-order valence-corrected chi connectivity index (χ3v) is 4.49. The van der Waals surface area contributed by atoms with Crippen LogP contribution < -0.4 is 11.5 Å². The number of rotatable bonds is 2. The fourth-order valence-electron chi connectivity index (χ4n) is 3.19. The smallest absolute Gasteiger partial charge is 0.164 e. The summed E-state index contributed by atoms with van der Waals surface area (Å²) in [4.78, 5) is 21.2. The number of aliphatic imine (C=N–C) groups is 4. The first kappa shape index (κ1) is 15.3. The van der Waals surface area contributed by atoms with Crippen molar-refractivity contribution in [1.82, 2.24) is 4.98 Å². The van der Waals surface area contributed by atoms with E-state index in [-0.39, 0.29) is 0 Å². The lowest BCUT2D eigenvalue weighted by molar-refractivity contribution is 1.31. The van der Waals surface area contributed by atoms with Crippen molar-refractivity contribution in [3.63, 3.8) is 0 Å². The molecule has 0 radical (unpaired) electrons. The Kier molecular flexibility index (Phi) is 3.26. The average Bonchev–Trinajstić information content (AvgIpc) is 3.35. The van der Waals surface area contributed by atoms with Gasteiger partial charge in [0.05, 0.1) is 0 Å². The molecule has 5 rings (SSSR count). The number of nitrogens with zero attached hydrogens (tertiary/aromatic N) is 4. The lowest BCUT2D eigenvalue weighted by Crippen LogP contribution is -2.09. The Morgan fingerprint density at radius 1 is 0.667 bits per heavy atom. The number of hydrogen-bond donors (Lipinski definition) is 3. The van der Waals surface area contributed by atoms with Crippen molar-refractivity contribution in [2.75, 3.05) is 0 Å². The number of benzene rings is 2. The first-order valence-corrected chi connectivity index (χ1v) is 8.43. The summed E-state index contributed by atoms with van der Waals surface area (Å²) in [5.74, 6) is 2.64. The van der Waals surface area contributed by atoms with Gasteiger partial charge in [0.1, 0.15) is 17.4 Å². The van der Waals surface area contributed by atoms with Crippen molar-refractivity contribution < 1.29 is 0 Å². The highest BCUT2D eigenvalue weighted by Gasteiger charge is 2.21. The van der Waals surface area contributed by atoms with E-state index in [2.05, 4.69) is 25.0 Å². The molecule has 0 atom stereocenters. The maximum absolute atomic E-state index is 6.01. The Bertz CT molecular complexity index is 1100. The number of aromatic nitrogens is 1. The molecule has 0 saturated heterocycles. The van der Waals surface area contributed by atoms with Gasteiger partial charge in [0.25, 0.3) is 0 Å². The lowest BCUT2D eigenvalue weighted by Gasteiger charge is -2.00. The van der Waals surface area contributed by atoms with E-state index in [0.29, 0.717) is 34.8 Å². The minimum Gasteiger partial charge on any atom is -0.383 e. The molecule has 0 unspecified atom stereocenters. The third-order valence-electron chi connectivity index (χ3n) is 4.49. The Hall–Kier alpha value is -4.00. The molecule has 3 aromatic rings. The molecular formula is C20H15N7. The molecule has 0 saturated carbocycles. The van der Waals surface area contributed by atoms with Gasteiger partial charge in [0.2, 0.25) is 0 Å². The van der Waals surface area contributed by atoms with Crippen LogP contribution >= 0.6 is 0 Å². The molecule has 7 nitrogen and oxygen atoms in total. The highest BCUT2D eigenvalue weighted by atomic mass is 15.1. The van der Waals surface area contributed by atoms with Gasteiger partial charge in [0.15, 0.2) is 17.5 Å². The highest BCUT2D eigenvalue weighted by Crippen LogP contribution is 2.30. The fourth-order valence-corrected chi connectivity index (χ4v) is 3.19. The van der Waals surface area contributed by atoms with Gasteiger partial charge in [-0.15, -0.1) is 0 Å². The topological polar surface area (TPSA) is 117 Å². The van der Waals surface area contributed by atoms with Gasteiger partial charge < -0.3 is 16.5 Å². The van der Waals surface area contributed by atoms with Crippen LogP contribution in [0.4, 0.5) is 11.5 Å². The van der Waals surface area contributed by atoms with Gasteiger partial charge in [-0.2, -0.15) is 0 Å². The van der Waals surface area contributed by atoms with Crippen LogP contribution in [0.5, 0.6) is 0 Å². The van der Waals surface area contributed by atoms with Crippen molar-refractivity contribution in [2.24, 2.45) is 31.4 Å². The molecule has 0 bridgehead atoms. The summed E-state index contributed by atoms with van der Waals surface area (Å²) < 4.78 is 0. The molecule has 0 aliphatic carbocycles. The van der Waals surface area contributed by atoms with Crippen LogP contribution in [0.3, 0.4) is 0 Å². The molecule has 7 heteroatoms. The number of aromatic amines is 1. The first-order valence-electron chi connectivity index (χ1n) is 8.43. The molecule has 2 aliphatic heterocycles. The van der Waals surface area contributed by atoms with Crippen LogP contribution in [0, 0.1) is 0 Å². The van der Waals surface area contributed by atoms with Gasteiger partial charge in [-0.3, -0.25) is 0 Å². The van der Waals surface area contributed by atoms with E-state index < -0.39 is 0 Å². The van der Waals surface area contributed by atoms with Crippen LogP contribution in [0.15, 0.2) is 80.8 Å². The second kappa shape index (κ2) is 5.77. The van der Waals surface area contributed by atoms with Gasteiger partial charge >= 0.3 is 0 Å². The lowest BCUT2D eigenvalue weighted by atomic mass is 10.1. The molecule has 2 aliphatic rings. The van der Waals surface area contributed by atoms with Crippen LogP contribution in [0.1, 0.15) is 22.3 Å². The van der Waals surface area contributed by atoms with Crippen molar-refractivity contribution in [3.05, 3.63) is 83.0 Å². The number of hydrogen-bond acceptors (Lipinski definition) is 4. The number of amidine groups is 4. The van der Waals surface area contributed by atoms with E-state index in [1.807, 2.05) is 54.6 Å². The standard InChI is InChI=1S/C20H15N7/c21-16-11-5-1-3-7-13(11)18(25-16)24-15-9-10-23-20(15)27-19-14-8-4-2-6-12(14)17(22)26-19/h1-10,23H,(H2,21,24,25)(H2,22,26,27). The summed E-state index contributed by atoms with van der Waals surface area (Å²) in [5.41, 5.74) is 16.2. The number of H-pyrrole nitrogens is 1. The molecule has 2 aromatic carbocycles. The summed E-state index contributed by atoms with van der Waals surface area (Å²) in [6.07, 6.45) is 1.78. The van der Waals surface area contributed by atoms with E-state index in [0.717, 1.165) is 22.3 Å². The molecule has 130 valence electrons. The van der Waals surface area contributed by atoms with Gasteiger partial charge in [-0.1, -0.05) is 48.5 Å². The monoisotopic (exact) mass is 353 g/mol. The summed E-state index contributed by atoms with van der Waals surface area (Å²) in [5, 5.41) is 0. The maximum Gasteiger partial charge on any atom is 0.164 e. The van der Waals surface area contributed by atoms with Crippen molar-refractivity contribution >= 4 is 34.8 Å². The second-order valence-electron chi connectivity index (χ2n) is 6.17. The molecule has 27 heavy (non-hydrogen) atoms. The molecule has 1 aromatic heterocycles. The normalized spacial score (nSPS) is 17.8. The van der Waals surface area contributed by atoms with Crippen LogP contribution in [0.25, 0.3) is 0 Å².